The number of ether oxygens (including phenoxy) is 3. The minimum Gasteiger partial charge on any atom is -0.493 e. The van der Waals surface area contributed by atoms with Gasteiger partial charge in [0, 0.05) is 24.1 Å². The first-order valence-corrected chi connectivity index (χ1v) is 11.2. The molecular weight excluding hydrogens is 437 g/mol. The van der Waals surface area contributed by atoms with E-state index in [4.69, 9.17) is 9.47 Å². The summed E-state index contributed by atoms with van der Waals surface area (Å²) < 4.78 is 54.1. The van der Waals surface area contributed by atoms with E-state index in [1.54, 1.807) is 30.3 Å². The van der Waals surface area contributed by atoms with Gasteiger partial charge in [-0.3, -0.25) is 4.90 Å². The SMILES string of the molecule is O=C(NC1CCOc2cc(-c3ccccc3OC(F)(F)F)ccc21)O[C@H]1CN2CCC1CC2. The molecule has 33 heavy (non-hydrogen) atoms. The molecular formula is C24H25F3N2O4. The molecule has 1 amide bonds. The van der Waals surface area contributed by atoms with Crippen molar-refractivity contribution < 1.29 is 32.2 Å². The molecule has 6 nitrogen and oxygen atoms in total. The molecule has 3 saturated heterocycles. The molecule has 2 atom stereocenters. The molecule has 1 N–H and O–H groups in total. The van der Waals surface area contributed by atoms with E-state index in [9.17, 15) is 18.0 Å². The fourth-order valence-electron chi connectivity index (χ4n) is 4.98. The number of amides is 1. The Morgan fingerprint density at radius 3 is 2.61 bits per heavy atom. The van der Waals surface area contributed by atoms with Gasteiger partial charge in [0.05, 0.1) is 12.6 Å². The maximum Gasteiger partial charge on any atom is 0.573 e. The second kappa shape index (κ2) is 8.78. The van der Waals surface area contributed by atoms with E-state index in [2.05, 4.69) is 15.0 Å². The number of carbonyl (C=O) groups is 1. The summed E-state index contributed by atoms with van der Waals surface area (Å²) in [4.78, 5) is 14.9. The lowest BCUT2D eigenvalue weighted by Gasteiger charge is -2.44. The van der Waals surface area contributed by atoms with Crippen LogP contribution in [-0.4, -0.2) is 49.7 Å². The summed E-state index contributed by atoms with van der Waals surface area (Å²) in [6, 6.07) is 10.8. The Balaban J connectivity index is 1.31. The summed E-state index contributed by atoms with van der Waals surface area (Å²) in [5.74, 6) is 0.662. The molecule has 0 spiro atoms. The van der Waals surface area contributed by atoms with Crippen LogP contribution in [0, 0.1) is 5.92 Å². The zero-order chi connectivity index (χ0) is 23.0. The zero-order valence-electron chi connectivity index (χ0n) is 17.9. The number of nitrogens with zero attached hydrogens (tertiary/aromatic N) is 1. The van der Waals surface area contributed by atoms with Crippen LogP contribution in [0.15, 0.2) is 42.5 Å². The van der Waals surface area contributed by atoms with E-state index < -0.39 is 12.5 Å². The highest BCUT2D eigenvalue weighted by molar-refractivity contribution is 5.73. The Morgan fingerprint density at radius 2 is 1.88 bits per heavy atom. The first-order valence-electron chi connectivity index (χ1n) is 11.2. The van der Waals surface area contributed by atoms with Crippen LogP contribution >= 0.6 is 0 Å². The number of alkyl carbamates (subject to hydrolysis) is 1. The van der Waals surface area contributed by atoms with Crippen LogP contribution in [0.2, 0.25) is 0 Å². The van der Waals surface area contributed by atoms with Gasteiger partial charge in [0.15, 0.2) is 0 Å². The van der Waals surface area contributed by atoms with Gasteiger partial charge in [-0.2, -0.15) is 0 Å². The van der Waals surface area contributed by atoms with Crippen LogP contribution in [-0.2, 0) is 4.74 Å². The number of halogens is 3. The van der Waals surface area contributed by atoms with E-state index in [-0.39, 0.29) is 17.9 Å². The van der Waals surface area contributed by atoms with Crippen molar-refractivity contribution in [1.82, 2.24) is 10.2 Å². The van der Waals surface area contributed by atoms with E-state index >= 15 is 0 Å². The second-order valence-electron chi connectivity index (χ2n) is 8.71. The number of nitrogens with one attached hydrogen (secondary N) is 1. The number of rotatable bonds is 4. The van der Waals surface area contributed by atoms with Gasteiger partial charge in [-0.15, -0.1) is 13.2 Å². The van der Waals surface area contributed by atoms with Crippen LogP contribution in [0.1, 0.15) is 30.9 Å². The summed E-state index contributed by atoms with van der Waals surface area (Å²) in [6.07, 6.45) is -2.62. The molecule has 0 aliphatic carbocycles. The summed E-state index contributed by atoms with van der Waals surface area (Å²) in [7, 11) is 0. The molecule has 9 heteroatoms. The Hall–Kier alpha value is -2.94. The third-order valence-corrected chi connectivity index (χ3v) is 6.62. The molecule has 4 aliphatic heterocycles. The van der Waals surface area contributed by atoms with Gasteiger partial charge in [-0.25, -0.2) is 4.79 Å². The quantitative estimate of drug-likeness (QED) is 0.701. The average Bonchev–Trinajstić information content (AvgIpc) is 2.79. The van der Waals surface area contributed by atoms with Crippen molar-refractivity contribution in [2.45, 2.75) is 37.8 Å². The molecule has 0 saturated carbocycles. The van der Waals surface area contributed by atoms with Gasteiger partial charge in [-0.05, 0) is 49.5 Å². The lowest BCUT2D eigenvalue weighted by Crippen LogP contribution is -2.52. The van der Waals surface area contributed by atoms with Crippen LogP contribution in [0.25, 0.3) is 11.1 Å². The monoisotopic (exact) mass is 462 g/mol. The number of para-hydroxylation sites is 1. The number of hydrogen-bond donors (Lipinski definition) is 1. The third-order valence-electron chi connectivity index (χ3n) is 6.62. The van der Waals surface area contributed by atoms with Gasteiger partial charge in [0.25, 0.3) is 0 Å². The predicted octanol–water partition coefficient (Wildman–Crippen LogP) is 4.90. The highest BCUT2D eigenvalue weighted by atomic mass is 19.4. The second-order valence-corrected chi connectivity index (χ2v) is 8.71. The van der Waals surface area contributed by atoms with Crippen molar-refractivity contribution in [3.05, 3.63) is 48.0 Å². The smallest absolute Gasteiger partial charge is 0.493 e. The molecule has 3 fully saturated rings. The number of fused-ring (bicyclic) bond motifs is 4. The Labute approximate surface area is 189 Å². The molecule has 1 unspecified atom stereocenters. The van der Waals surface area contributed by atoms with Gasteiger partial charge in [-0.1, -0.05) is 30.3 Å². The van der Waals surface area contributed by atoms with E-state index in [0.29, 0.717) is 35.8 Å². The van der Waals surface area contributed by atoms with E-state index in [0.717, 1.165) is 38.0 Å². The van der Waals surface area contributed by atoms with Crippen LogP contribution < -0.4 is 14.8 Å². The normalized spacial score (nSPS) is 26.2. The maximum absolute atomic E-state index is 12.8. The molecule has 2 aromatic carbocycles. The topological polar surface area (TPSA) is 60.0 Å². The summed E-state index contributed by atoms with van der Waals surface area (Å²) in [6.45, 7) is 3.30. The van der Waals surface area contributed by atoms with Crippen LogP contribution in [0.4, 0.5) is 18.0 Å². The average molecular weight is 462 g/mol. The lowest BCUT2D eigenvalue weighted by atomic mass is 9.86. The fourth-order valence-corrected chi connectivity index (χ4v) is 4.98. The van der Waals surface area contributed by atoms with Crippen molar-refractivity contribution >= 4 is 6.09 Å². The number of piperidine rings is 3. The molecule has 4 aliphatic rings. The van der Waals surface area contributed by atoms with Gasteiger partial charge in [0.2, 0.25) is 0 Å². The Morgan fingerprint density at radius 1 is 1.09 bits per heavy atom. The molecule has 176 valence electrons. The minimum absolute atomic E-state index is 0.0840. The van der Waals surface area contributed by atoms with E-state index in [1.807, 2.05) is 0 Å². The molecule has 6 rings (SSSR count). The predicted molar refractivity (Wildman–Crippen MR) is 114 cm³/mol. The molecule has 0 aromatic heterocycles. The van der Waals surface area contributed by atoms with Crippen LogP contribution in [0.3, 0.4) is 0 Å². The van der Waals surface area contributed by atoms with Crippen LogP contribution in [0.5, 0.6) is 11.5 Å². The Bertz CT molecular complexity index is 1020. The number of carbonyl (C=O) groups excluding carboxylic acids is 1. The van der Waals surface area contributed by atoms with Crippen molar-refractivity contribution in [2.24, 2.45) is 5.92 Å². The van der Waals surface area contributed by atoms with Gasteiger partial charge >= 0.3 is 12.5 Å². The Kier molecular flexibility index (Phi) is 5.82. The highest BCUT2D eigenvalue weighted by Crippen LogP contribution is 2.39. The summed E-state index contributed by atoms with van der Waals surface area (Å²) in [5.41, 5.74) is 1.60. The molecule has 4 heterocycles. The summed E-state index contributed by atoms with van der Waals surface area (Å²) in [5, 5.41) is 2.95. The summed E-state index contributed by atoms with van der Waals surface area (Å²) >= 11 is 0. The third kappa shape index (κ3) is 4.88. The fraction of sp³-hybridized carbons (Fsp3) is 0.458. The number of hydrogen-bond acceptors (Lipinski definition) is 5. The largest absolute Gasteiger partial charge is 0.573 e. The first kappa shape index (κ1) is 21.9. The van der Waals surface area contributed by atoms with Gasteiger partial charge in [0.1, 0.15) is 17.6 Å². The molecule has 2 aromatic rings. The van der Waals surface area contributed by atoms with Crippen molar-refractivity contribution in [1.29, 1.82) is 0 Å². The first-order chi connectivity index (χ1) is 15.9. The maximum atomic E-state index is 12.8. The van der Waals surface area contributed by atoms with Gasteiger partial charge < -0.3 is 19.5 Å². The van der Waals surface area contributed by atoms with E-state index in [1.165, 1.54) is 12.1 Å². The number of alkyl halides is 3. The zero-order valence-corrected chi connectivity index (χ0v) is 17.9. The van der Waals surface area contributed by atoms with Crippen molar-refractivity contribution in [2.75, 3.05) is 26.2 Å². The highest BCUT2D eigenvalue weighted by Gasteiger charge is 2.37. The molecule has 0 radical (unpaired) electrons. The van der Waals surface area contributed by atoms with Crippen molar-refractivity contribution in [3.8, 4) is 22.6 Å². The number of benzene rings is 2. The minimum atomic E-state index is -4.79. The lowest BCUT2D eigenvalue weighted by molar-refractivity contribution is -0.274. The van der Waals surface area contributed by atoms with Crippen molar-refractivity contribution in [3.63, 3.8) is 0 Å². The molecule has 2 bridgehead atoms. The standard InChI is InChI=1S/C24H25F3N2O4/c25-24(26,27)33-20-4-2-1-3-17(20)16-5-6-18-19(9-12-31-21(18)13-16)28-23(30)32-22-14-29-10-7-15(22)8-11-29/h1-6,13,15,19,22H,7-12,14H2,(H,28,30)/t19?,22-/m0/s1.